The number of nitrogens with zero attached hydrogens (tertiary/aromatic N) is 3. The Kier molecular flexibility index (Phi) is 8.89. The van der Waals surface area contributed by atoms with Crippen molar-refractivity contribution in [2.75, 3.05) is 20.8 Å². The van der Waals surface area contributed by atoms with Crippen LogP contribution in [0.4, 0.5) is 0 Å². The lowest BCUT2D eigenvalue weighted by Crippen LogP contribution is -2.39. The molecule has 1 amide bonds. The predicted octanol–water partition coefficient (Wildman–Crippen LogP) is 7.33. The maximum Gasteiger partial charge on any atom is 0.266 e. The molecule has 0 saturated heterocycles. The Morgan fingerprint density at radius 3 is 2.38 bits per heavy atom. The van der Waals surface area contributed by atoms with Crippen LogP contribution in [0.25, 0.3) is 16.6 Å². The molecule has 0 saturated carbocycles. The summed E-state index contributed by atoms with van der Waals surface area (Å²) in [6, 6.07) is 14.7. The molecule has 0 N–H and O–H groups in total. The van der Waals surface area contributed by atoms with Crippen LogP contribution in [0, 0.1) is 5.92 Å². The summed E-state index contributed by atoms with van der Waals surface area (Å²) >= 11 is 16.0. The number of benzene rings is 3. The second-order valence-corrected chi connectivity index (χ2v) is 11.1. The van der Waals surface area contributed by atoms with E-state index in [2.05, 4.69) is 15.9 Å². The lowest BCUT2D eigenvalue weighted by molar-refractivity contribution is 0.0655. The summed E-state index contributed by atoms with van der Waals surface area (Å²) in [6.45, 7) is 6.31. The summed E-state index contributed by atoms with van der Waals surface area (Å²) in [5.41, 5.74) is 1.10. The van der Waals surface area contributed by atoms with Crippen LogP contribution in [0.1, 0.15) is 43.0 Å². The van der Waals surface area contributed by atoms with Gasteiger partial charge in [0.2, 0.25) is 0 Å². The van der Waals surface area contributed by atoms with Crippen LogP contribution in [-0.4, -0.2) is 41.1 Å². The fourth-order valence-corrected chi connectivity index (χ4v) is 5.26. The first-order valence-electron chi connectivity index (χ1n) is 12.3. The lowest BCUT2D eigenvalue weighted by Gasteiger charge is -2.32. The third kappa shape index (κ3) is 5.78. The first-order valence-corrected chi connectivity index (χ1v) is 13.8. The zero-order chi connectivity index (χ0) is 28.4. The molecular weight excluding hydrogens is 605 g/mol. The van der Waals surface area contributed by atoms with Gasteiger partial charge < -0.3 is 14.4 Å². The van der Waals surface area contributed by atoms with E-state index < -0.39 is 6.04 Å². The van der Waals surface area contributed by atoms with E-state index >= 15 is 0 Å². The van der Waals surface area contributed by atoms with E-state index in [0.717, 1.165) is 0 Å². The van der Waals surface area contributed by atoms with Crippen LogP contribution in [0.2, 0.25) is 10.0 Å². The van der Waals surface area contributed by atoms with Gasteiger partial charge in [-0.1, -0.05) is 49.2 Å². The molecule has 39 heavy (non-hydrogen) atoms. The molecule has 0 fully saturated rings. The molecular formula is C29H28BrCl2N3O4. The molecule has 0 aliphatic rings. The van der Waals surface area contributed by atoms with Crippen LogP contribution >= 0.6 is 39.1 Å². The number of amides is 1. The first-order chi connectivity index (χ1) is 18.6. The minimum Gasteiger partial charge on any atom is -0.497 e. The largest absolute Gasteiger partial charge is 0.497 e. The molecule has 1 aromatic heterocycles. The summed E-state index contributed by atoms with van der Waals surface area (Å²) in [4.78, 5) is 34.6. The molecule has 1 atom stereocenters. The third-order valence-corrected chi connectivity index (χ3v) is 7.86. The van der Waals surface area contributed by atoms with Crippen LogP contribution in [-0.2, 0) is 0 Å². The molecule has 1 heterocycles. The highest BCUT2D eigenvalue weighted by Gasteiger charge is 2.29. The molecule has 0 spiro atoms. The summed E-state index contributed by atoms with van der Waals surface area (Å²) in [5, 5.41) is 1.08. The number of carbonyl (C=O) groups is 1. The molecule has 4 rings (SSSR count). The monoisotopic (exact) mass is 631 g/mol. The number of rotatable bonds is 8. The number of fused-ring (bicyclic) bond motifs is 1. The Morgan fingerprint density at radius 2 is 1.74 bits per heavy atom. The molecule has 204 valence electrons. The number of hydrogen-bond donors (Lipinski definition) is 0. The van der Waals surface area contributed by atoms with Gasteiger partial charge in [0, 0.05) is 24.2 Å². The van der Waals surface area contributed by atoms with Gasteiger partial charge in [0.25, 0.3) is 11.5 Å². The number of hydrogen-bond acceptors (Lipinski definition) is 5. The number of ether oxygens (including phenoxy) is 2. The highest BCUT2D eigenvalue weighted by atomic mass is 79.9. The molecule has 3 aromatic carbocycles. The fraction of sp³-hybridized carbons (Fsp3) is 0.276. The van der Waals surface area contributed by atoms with E-state index in [1.54, 1.807) is 53.4 Å². The Bertz CT molecular complexity index is 1610. The molecule has 10 heteroatoms. The minimum atomic E-state index is -0.615. The van der Waals surface area contributed by atoms with Crippen molar-refractivity contribution >= 4 is 55.9 Å². The van der Waals surface area contributed by atoms with Gasteiger partial charge in [-0.15, -0.1) is 0 Å². The van der Waals surface area contributed by atoms with Crippen LogP contribution < -0.4 is 15.0 Å². The maximum atomic E-state index is 14.1. The Balaban J connectivity index is 1.99. The van der Waals surface area contributed by atoms with Gasteiger partial charge in [-0.2, -0.15) is 0 Å². The van der Waals surface area contributed by atoms with Gasteiger partial charge >= 0.3 is 0 Å². The van der Waals surface area contributed by atoms with Gasteiger partial charge in [0.05, 0.1) is 51.4 Å². The second kappa shape index (κ2) is 12.0. The van der Waals surface area contributed by atoms with E-state index in [1.165, 1.54) is 18.8 Å². The van der Waals surface area contributed by atoms with E-state index in [-0.39, 0.29) is 22.4 Å². The Labute approximate surface area is 245 Å². The fourth-order valence-electron chi connectivity index (χ4n) is 4.40. The Morgan fingerprint density at radius 1 is 1.03 bits per heavy atom. The molecule has 0 aliphatic heterocycles. The van der Waals surface area contributed by atoms with Gasteiger partial charge in [-0.05, 0) is 59.1 Å². The van der Waals surface area contributed by atoms with Gasteiger partial charge in [0.1, 0.15) is 17.3 Å². The van der Waals surface area contributed by atoms with Gasteiger partial charge in [-0.25, -0.2) is 4.98 Å². The smallest absolute Gasteiger partial charge is 0.266 e. The van der Waals surface area contributed by atoms with Crippen molar-refractivity contribution in [1.29, 1.82) is 0 Å². The van der Waals surface area contributed by atoms with E-state index in [4.69, 9.17) is 37.7 Å². The van der Waals surface area contributed by atoms with Crippen molar-refractivity contribution in [1.82, 2.24) is 14.5 Å². The van der Waals surface area contributed by atoms with Gasteiger partial charge in [0.15, 0.2) is 0 Å². The average Bonchev–Trinajstić information content (AvgIpc) is 2.92. The molecule has 0 radical (unpaired) electrons. The molecule has 0 aliphatic carbocycles. The van der Waals surface area contributed by atoms with E-state index in [1.807, 2.05) is 26.8 Å². The standard InChI is InChI=1S/C29H28BrCl2N3O4/c1-16(2)15-34(28(36)18-10-11-21(31)22(32)12-18)17(3)27-33-23-9-7-6-8-20(23)29(37)35(27)24-13-19(38-4)14-25(39-5)26(24)30/h6-14,16-17H,15H2,1-5H3. The summed E-state index contributed by atoms with van der Waals surface area (Å²) in [5.74, 6) is 1.22. The van der Waals surface area contributed by atoms with E-state index in [0.29, 0.717) is 55.5 Å². The number of methoxy groups -OCH3 is 2. The van der Waals surface area contributed by atoms with E-state index in [9.17, 15) is 9.59 Å². The summed E-state index contributed by atoms with van der Waals surface area (Å²) < 4.78 is 13.1. The van der Waals surface area contributed by atoms with Crippen molar-refractivity contribution in [2.24, 2.45) is 5.92 Å². The van der Waals surface area contributed by atoms with Crippen molar-refractivity contribution < 1.29 is 14.3 Å². The maximum absolute atomic E-state index is 14.1. The molecule has 0 bridgehead atoms. The molecule has 4 aromatic rings. The summed E-state index contributed by atoms with van der Waals surface area (Å²) in [6.07, 6.45) is 0. The lowest BCUT2D eigenvalue weighted by atomic mass is 10.1. The number of aromatic nitrogens is 2. The third-order valence-electron chi connectivity index (χ3n) is 6.32. The SMILES string of the molecule is COc1cc(OC)c(Br)c(-n2c(C(C)N(CC(C)C)C(=O)c3ccc(Cl)c(Cl)c3)nc3ccccc3c2=O)c1. The van der Waals surface area contributed by atoms with Crippen LogP contribution in [0.5, 0.6) is 11.5 Å². The topological polar surface area (TPSA) is 73.7 Å². The van der Waals surface area contributed by atoms with Crippen LogP contribution in [0.15, 0.2) is 63.9 Å². The average molecular weight is 633 g/mol. The van der Waals surface area contributed by atoms with Crippen molar-refractivity contribution in [2.45, 2.75) is 26.8 Å². The number of halogens is 3. The Hall–Kier alpha value is -3.07. The van der Waals surface area contributed by atoms with Crippen molar-refractivity contribution in [3.05, 3.63) is 90.9 Å². The quantitative estimate of drug-likeness (QED) is 0.203. The zero-order valence-electron chi connectivity index (χ0n) is 22.2. The molecule has 1 unspecified atom stereocenters. The summed E-state index contributed by atoms with van der Waals surface area (Å²) in [7, 11) is 3.08. The zero-order valence-corrected chi connectivity index (χ0v) is 25.3. The van der Waals surface area contributed by atoms with Crippen molar-refractivity contribution in [3.63, 3.8) is 0 Å². The minimum absolute atomic E-state index is 0.128. The first kappa shape index (κ1) is 28.9. The molecule has 7 nitrogen and oxygen atoms in total. The second-order valence-electron chi connectivity index (χ2n) is 9.45. The van der Waals surface area contributed by atoms with Crippen LogP contribution in [0.3, 0.4) is 0 Å². The van der Waals surface area contributed by atoms with Gasteiger partial charge in [-0.3, -0.25) is 14.2 Å². The number of carbonyl (C=O) groups excluding carboxylic acids is 1. The number of para-hydroxylation sites is 1. The normalized spacial score (nSPS) is 12.0. The highest BCUT2D eigenvalue weighted by Crippen LogP contribution is 2.37. The highest BCUT2D eigenvalue weighted by molar-refractivity contribution is 9.10. The predicted molar refractivity (Wildman–Crippen MR) is 159 cm³/mol. The van der Waals surface area contributed by atoms with Crippen molar-refractivity contribution in [3.8, 4) is 17.2 Å².